The molecule has 3 N–H and O–H groups in total. The van der Waals surface area contributed by atoms with Crippen molar-refractivity contribution in [2.75, 3.05) is 13.7 Å². The topological polar surface area (TPSA) is 90.6 Å². The molecule has 138 valence electrons. The van der Waals surface area contributed by atoms with E-state index in [1.165, 1.54) is 24.8 Å². The number of methoxy groups -OCH3 is 1. The van der Waals surface area contributed by atoms with Crippen molar-refractivity contribution in [3.63, 3.8) is 0 Å². The SMILES string of the molecule is CCc1ccccc1CNC(=O)c1cc(Cl)c(OCC(N)=O)c(OC)c1. The fourth-order valence-electron chi connectivity index (χ4n) is 2.49. The predicted octanol–water partition coefficient (Wildman–Crippen LogP) is 2.71. The lowest BCUT2D eigenvalue weighted by molar-refractivity contribution is -0.119. The third-order valence-corrected chi connectivity index (χ3v) is 4.07. The zero-order valence-corrected chi connectivity index (χ0v) is 15.4. The smallest absolute Gasteiger partial charge is 0.255 e. The molecule has 0 atom stereocenters. The minimum Gasteiger partial charge on any atom is -0.493 e. The Kier molecular flexibility index (Phi) is 6.86. The number of nitrogens with one attached hydrogen (secondary N) is 1. The van der Waals surface area contributed by atoms with Crippen LogP contribution in [0.4, 0.5) is 0 Å². The Hall–Kier alpha value is -2.73. The van der Waals surface area contributed by atoms with Crippen LogP contribution in [0.25, 0.3) is 0 Å². The molecule has 0 aliphatic rings. The number of aryl methyl sites for hydroxylation is 1. The van der Waals surface area contributed by atoms with E-state index < -0.39 is 5.91 Å². The molecule has 2 aromatic carbocycles. The molecule has 0 saturated carbocycles. The van der Waals surface area contributed by atoms with Gasteiger partial charge in [0.2, 0.25) is 0 Å². The second kappa shape index (κ2) is 9.10. The third kappa shape index (κ3) is 4.89. The van der Waals surface area contributed by atoms with Crippen LogP contribution in [0.15, 0.2) is 36.4 Å². The Balaban J connectivity index is 2.16. The highest BCUT2D eigenvalue weighted by atomic mass is 35.5. The number of carbonyl (C=O) groups is 2. The molecule has 2 aromatic rings. The Bertz CT molecular complexity index is 808. The maximum atomic E-state index is 12.5. The fourth-order valence-corrected chi connectivity index (χ4v) is 2.75. The van der Waals surface area contributed by atoms with Gasteiger partial charge in [-0.3, -0.25) is 9.59 Å². The van der Waals surface area contributed by atoms with Crippen molar-refractivity contribution in [2.45, 2.75) is 19.9 Å². The summed E-state index contributed by atoms with van der Waals surface area (Å²) in [6.45, 7) is 2.13. The van der Waals surface area contributed by atoms with Crippen molar-refractivity contribution >= 4 is 23.4 Å². The monoisotopic (exact) mass is 376 g/mol. The molecule has 2 amide bonds. The summed E-state index contributed by atoms with van der Waals surface area (Å²) in [5, 5.41) is 3.03. The number of primary amides is 1. The minimum atomic E-state index is -0.639. The van der Waals surface area contributed by atoms with Gasteiger partial charge in [0.25, 0.3) is 11.8 Å². The van der Waals surface area contributed by atoms with Crippen molar-refractivity contribution in [3.05, 3.63) is 58.1 Å². The maximum absolute atomic E-state index is 12.5. The van der Waals surface area contributed by atoms with Crippen molar-refractivity contribution in [1.29, 1.82) is 0 Å². The number of hydrogen-bond acceptors (Lipinski definition) is 4. The molecule has 0 bridgehead atoms. The molecule has 0 unspecified atom stereocenters. The van der Waals surface area contributed by atoms with Crippen molar-refractivity contribution in [2.24, 2.45) is 5.73 Å². The van der Waals surface area contributed by atoms with E-state index in [-0.39, 0.29) is 29.0 Å². The van der Waals surface area contributed by atoms with Crippen LogP contribution < -0.4 is 20.5 Å². The van der Waals surface area contributed by atoms with E-state index >= 15 is 0 Å². The van der Waals surface area contributed by atoms with Crippen molar-refractivity contribution in [1.82, 2.24) is 5.32 Å². The number of amides is 2. The summed E-state index contributed by atoms with van der Waals surface area (Å²) in [6, 6.07) is 10.9. The van der Waals surface area contributed by atoms with Crippen LogP contribution in [0, 0.1) is 0 Å². The first-order valence-corrected chi connectivity index (χ1v) is 8.47. The van der Waals surface area contributed by atoms with E-state index in [0.717, 1.165) is 12.0 Å². The van der Waals surface area contributed by atoms with Gasteiger partial charge in [-0.15, -0.1) is 0 Å². The lowest BCUT2D eigenvalue weighted by atomic mass is 10.1. The highest BCUT2D eigenvalue weighted by Crippen LogP contribution is 2.36. The fraction of sp³-hybridized carbons (Fsp3) is 0.263. The lowest BCUT2D eigenvalue weighted by Gasteiger charge is -2.14. The van der Waals surface area contributed by atoms with E-state index in [1.807, 2.05) is 24.3 Å². The van der Waals surface area contributed by atoms with E-state index in [1.54, 1.807) is 0 Å². The van der Waals surface area contributed by atoms with E-state index in [9.17, 15) is 9.59 Å². The standard InChI is InChI=1S/C19H21ClN2O4/c1-3-12-6-4-5-7-13(12)10-22-19(24)14-8-15(20)18(16(9-14)25-2)26-11-17(21)23/h4-9H,3,10-11H2,1-2H3,(H2,21,23)(H,22,24). The molecule has 6 nitrogen and oxygen atoms in total. The molecule has 0 saturated heterocycles. The molecule has 0 aromatic heterocycles. The number of ether oxygens (including phenoxy) is 2. The van der Waals surface area contributed by atoms with Crippen LogP contribution >= 0.6 is 11.6 Å². The van der Waals surface area contributed by atoms with E-state index in [0.29, 0.717) is 12.1 Å². The molecule has 2 rings (SSSR count). The number of halogens is 1. The highest BCUT2D eigenvalue weighted by molar-refractivity contribution is 6.32. The van der Waals surface area contributed by atoms with Gasteiger partial charge >= 0.3 is 0 Å². The Morgan fingerprint density at radius 2 is 1.88 bits per heavy atom. The van der Waals surface area contributed by atoms with E-state index in [2.05, 4.69) is 12.2 Å². The zero-order valence-electron chi connectivity index (χ0n) is 14.7. The zero-order chi connectivity index (χ0) is 19.1. The summed E-state index contributed by atoms with van der Waals surface area (Å²) in [5.41, 5.74) is 7.63. The quantitative estimate of drug-likeness (QED) is 0.741. The highest BCUT2D eigenvalue weighted by Gasteiger charge is 2.16. The van der Waals surface area contributed by atoms with Gasteiger partial charge < -0.3 is 20.5 Å². The van der Waals surface area contributed by atoms with Gasteiger partial charge in [-0.1, -0.05) is 42.8 Å². The first-order chi connectivity index (χ1) is 12.5. The van der Waals surface area contributed by atoms with Crippen LogP contribution in [-0.2, 0) is 17.8 Å². The molecule has 0 spiro atoms. The van der Waals surface area contributed by atoms with Crippen LogP contribution in [0.2, 0.25) is 5.02 Å². The van der Waals surface area contributed by atoms with Crippen LogP contribution in [0.1, 0.15) is 28.4 Å². The summed E-state index contributed by atoms with van der Waals surface area (Å²) in [5.74, 6) is -0.518. The van der Waals surface area contributed by atoms with Gasteiger partial charge in [0, 0.05) is 12.1 Å². The molecular weight excluding hydrogens is 356 g/mol. The second-order valence-corrected chi connectivity index (χ2v) is 5.96. The third-order valence-electron chi connectivity index (χ3n) is 3.79. The predicted molar refractivity (Wildman–Crippen MR) is 99.7 cm³/mol. The average molecular weight is 377 g/mol. The summed E-state index contributed by atoms with van der Waals surface area (Å²) >= 11 is 6.17. The normalized spacial score (nSPS) is 10.3. The van der Waals surface area contributed by atoms with Crippen molar-refractivity contribution in [3.8, 4) is 11.5 Å². The van der Waals surface area contributed by atoms with Gasteiger partial charge in [-0.2, -0.15) is 0 Å². The van der Waals surface area contributed by atoms with Gasteiger partial charge in [-0.05, 0) is 29.7 Å². The molecule has 0 aliphatic carbocycles. The number of hydrogen-bond donors (Lipinski definition) is 2. The second-order valence-electron chi connectivity index (χ2n) is 5.55. The number of benzene rings is 2. The van der Waals surface area contributed by atoms with Gasteiger partial charge in [0.1, 0.15) is 0 Å². The lowest BCUT2D eigenvalue weighted by Crippen LogP contribution is -2.24. The summed E-state index contributed by atoms with van der Waals surface area (Å²) < 4.78 is 10.5. The molecule has 7 heteroatoms. The van der Waals surface area contributed by atoms with Gasteiger partial charge in [0.05, 0.1) is 12.1 Å². The Labute approximate surface area is 157 Å². The largest absolute Gasteiger partial charge is 0.493 e. The molecule has 0 fully saturated rings. The summed E-state index contributed by atoms with van der Waals surface area (Å²) in [7, 11) is 1.42. The summed E-state index contributed by atoms with van der Waals surface area (Å²) in [6.07, 6.45) is 0.887. The molecule has 0 aliphatic heterocycles. The number of nitrogens with two attached hydrogens (primary N) is 1. The number of carbonyl (C=O) groups excluding carboxylic acids is 2. The average Bonchev–Trinajstić information content (AvgIpc) is 2.64. The van der Waals surface area contributed by atoms with Gasteiger partial charge in [0.15, 0.2) is 18.1 Å². The minimum absolute atomic E-state index is 0.157. The number of rotatable bonds is 8. The molecule has 0 radical (unpaired) electrons. The Morgan fingerprint density at radius 1 is 1.19 bits per heavy atom. The van der Waals surface area contributed by atoms with Crippen LogP contribution in [0.5, 0.6) is 11.5 Å². The van der Waals surface area contributed by atoms with Crippen LogP contribution in [0.3, 0.4) is 0 Å². The maximum Gasteiger partial charge on any atom is 0.255 e. The molecular formula is C19H21ClN2O4. The van der Waals surface area contributed by atoms with E-state index in [4.69, 9.17) is 26.8 Å². The summed E-state index contributed by atoms with van der Waals surface area (Å²) in [4.78, 5) is 23.4. The first-order valence-electron chi connectivity index (χ1n) is 8.09. The van der Waals surface area contributed by atoms with Gasteiger partial charge in [-0.25, -0.2) is 0 Å². The molecule has 0 heterocycles. The first kappa shape index (κ1) is 19.6. The molecule has 26 heavy (non-hydrogen) atoms. The Morgan fingerprint density at radius 3 is 2.50 bits per heavy atom. The van der Waals surface area contributed by atoms with Crippen molar-refractivity contribution < 1.29 is 19.1 Å². The van der Waals surface area contributed by atoms with Crippen LogP contribution in [-0.4, -0.2) is 25.5 Å².